The minimum absolute atomic E-state index is 0.0547. The van der Waals surface area contributed by atoms with E-state index in [1.54, 1.807) is 11.3 Å². The van der Waals surface area contributed by atoms with Crippen LogP contribution in [-0.2, 0) is 11.3 Å². The van der Waals surface area contributed by atoms with Gasteiger partial charge in [-0.05, 0) is 30.5 Å². The highest BCUT2D eigenvalue weighted by atomic mass is 32.1. The standard InChI is InChI=1S/C22H22N4O2S2/c1-15(11-25(2)16-7-4-3-5-8-16)24-19(27)12-26-14-23-21-20(22(26)28)17(13-30-21)18-9-6-10-29-18/h3-10,13-15H,11-12H2,1-2H3,(H,24,27)/t15-/m1/s1. The molecule has 0 spiro atoms. The van der Waals surface area contributed by atoms with Crippen molar-refractivity contribution in [3.05, 3.63) is 69.9 Å². The van der Waals surface area contributed by atoms with E-state index in [4.69, 9.17) is 0 Å². The first-order valence-electron chi connectivity index (χ1n) is 9.59. The molecule has 8 heteroatoms. The van der Waals surface area contributed by atoms with Crippen molar-refractivity contribution < 1.29 is 4.79 Å². The lowest BCUT2D eigenvalue weighted by Crippen LogP contribution is -2.43. The second-order valence-corrected chi connectivity index (χ2v) is 8.97. The van der Waals surface area contributed by atoms with Crippen molar-refractivity contribution in [1.29, 1.82) is 0 Å². The summed E-state index contributed by atoms with van der Waals surface area (Å²) >= 11 is 3.03. The molecule has 4 aromatic rings. The Hall–Kier alpha value is -2.97. The Morgan fingerprint density at radius 2 is 2.00 bits per heavy atom. The van der Waals surface area contributed by atoms with E-state index in [-0.39, 0.29) is 24.1 Å². The van der Waals surface area contributed by atoms with E-state index in [0.29, 0.717) is 16.8 Å². The third-order valence-electron chi connectivity index (χ3n) is 4.81. The van der Waals surface area contributed by atoms with Gasteiger partial charge in [0, 0.05) is 41.1 Å². The fourth-order valence-corrected chi connectivity index (χ4v) is 5.13. The van der Waals surface area contributed by atoms with E-state index in [2.05, 4.69) is 15.2 Å². The second-order valence-electron chi connectivity index (χ2n) is 7.17. The van der Waals surface area contributed by atoms with Gasteiger partial charge in [0.05, 0.1) is 11.7 Å². The number of anilines is 1. The quantitative estimate of drug-likeness (QED) is 0.476. The van der Waals surface area contributed by atoms with Crippen molar-refractivity contribution >= 4 is 44.5 Å². The molecule has 6 nitrogen and oxygen atoms in total. The fraction of sp³-hybridized carbons (Fsp3) is 0.227. The Bertz CT molecular complexity index is 1200. The Morgan fingerprint density at radius 1 is 1.20 bits per heavy atom. The first-order valence-corrected chi connectivity index (χ1v) is 11.3. The number of nitrogens with zero attached hydrogens (tertiary/aromatic N) is 3. The van der Waals surface area contributed by atoms with Crippen LogP contribution in [0.4, 0.5) is 5.69 Å². The zero-order chi connectivity index (χ0) is 21.1. The highest BCUT2D eigenvalue weighted by Gasteiger charge is 2.16. The van der Waals surface area contributed by atoms with Crippen LogP contribution in [0.3, 0.4) is 0 Å². The van der Waals surface area contributed by atoms with Crippen LogP contribution in [0.2, 0.25) is 0 Å². The maximum Gasteiger partial charge on any atom is 0.263 e. The van der Waals surface area contributed by atoms with E-state index in [0.717, 1.165) is 16.1 Å². The zero-order valence-electron chi connectivity index (χ0n) is 16.7. The zero-order valence-corrected chi connectivity index (χ0v) is 18.4. The van der Waals surface area contributed by atoms with Gasteiger partial charge in [0.15, 0.2) is 0 Å². The molecule has 3 aromatic heterocycles. The van der Waals surface area contributed by atoms with Gasteiger partial charge in [-0.1, -0.05) is 24.3 Å². The normalized spacial score (nSPS) is 12.1. The van der Waals surface area contributed by atoms with E-state index in [9.17, 15) is 9.59 Å². The SMILES string of the molecule is C[C@H](CN(C)c1ccccc1)NC(=O)Cn1cnc2scc(-c3cccs3)c2c1=O. The highest BCUT2D eigenvalue weighted by Crippen LogP contribution is 2.33. The molecule has 3 heterocycles. The van der Waals surface area contributed by atoms with Crippen LogP contribution in [0, 0.1) is 0 Å². The monoisotopic (exact) mass is 438 g/mol. The van der Waals surface area contributed by atoms with Gasteiger partial charge in [-0.2, -0.15) is 0 Å². The van der Waals surface area contributed by atoms with Gasteiger partial charge in [-0.3, -0.25) is 14.2 Å². The van der Waals surface area contributed by atoms with Gasteiger partial charge in [0.1, 0.15) is 11.4 Å². The molecule has 0 radical (unpaired) electrons. The molecule has 1 atom stereocenters. The fourth-order valence-electron chi connectivity index (χ4n) is 3.41. The van der Waals surface area contributed by atoms with Crippen molar-refractivity contribution in [2.45, 2.75) is 19.5 Å². The molecular formula is C22H22N4O2S2. The summed E-state index contributed by atoms with van der Waals surface area (Å²) in [5.41, 5.74) is 1.78. The summed E-state index contributed by atoms with van der Waals surface area (Å²) in [4.78, 5) is 33.8. The molecule has 0 saturated heterocycles. The van der Waals surface area contributed by atoms with Crippen LogP contribution >= 0.6 is 22.7 Å². The topological polar surface area (TPSA) is 67.2 Å². The summed E-state index contributed by atoms with van der Waals surface area (Å²) < 4.78 is 1.38. The van der Waals surface area contributed by atoms with Crippen molar-refractivity contribution in [3.63, 3.8) is 0 Å². The number of aromatic nitrogens is 2. The van der Waals surface area contributed by atoms with Gasteiger partial charge in [0.2, 0.25) is 5.91 Å². The summed E-state index contributed by atoms with van der Waals surface area (Å²) in [6.45, 7) is 2.56. The second kappa shape index (κ2) is 8.81. The molecule has 4 rings (SSSR count). The molecule has 0 aliphatic carbocycles. The van der Waals surface area contributed by atoms with Crippen LogP contribution in [0.1, 0.15) is 6.92 Å². The first-order chi connectivity index (χ1) is 14.5. The van der Waals surface area contributed by atoms with E-state index in [1.807, 2.05) is 67.2 Å². The van der Waals surface area contributed by atoms with Crippen molar-refractivity contribution in [1.82, 2.24) is 14.9 Å². The average molecular weight is 439 g/mol. The van der Waals surface area contributed by atoms with Crippen LogP contribution in [0.25, 0.3) is 20.7 Å². The lowest BCUT2D eigenvalue weighted by molar-refractivity contribution is -0.122. The molecule has 0 aliphatic rings. The third kappa shape index (κ3) is 4.29. The maximum atomic E-state index is 13.0. The summed E-state index contributed by atoms with van der Waals surface area (Å²) in [7, 11) is 1.99. The third-order valence-corrected chi connectivity index (χ3v) is 6.60. The highest BCUT2D eigenvalue weighted by molar-refractivity contribution is 7.18. The van der Waals surface area contributed by atoms with Crippen molar-refractivity contribution in [2.75, 3.05) is 18.5 Å². The minimum Gasteiger partial charge on any atom is -0.373 e. The number of hydrogen-bond acceptors (Lipinski definition) is 6. The lowest BCUT2D eigenvalue weighted by atomic mass is 10.2. The molecule has 1 amide bonds. The van der Waals surface area contributed by atoms with E-state index in [1.165, 1.54) is 22.2 Å². The van der Waals surface area contributed by atoms with Gasteiger partial charge < -0.3 is 10.2 Å². The predicted octanol–water partition coefficient (Wildman–Crippen LogP) is 3.83. The number of rotatable bonds is 7. The van der Waals surface area contributed by atoms with E-state index < -0.39 is 0 Å². The number of thiophene rings is 2. The Labute approximate surface area is 182 Å². The van der Waals surface area contributed by atoms with Gasteiger partial charge in [-0.25, -0.2) is 4.98 Å². The summed E-state index contributed by atoms with van der Waals surface area (Å²) in [6.07, 6.45) is 1.46. The largest absolute Gasteiger partial charge is 0.373 e. The van der Waals surface area contributed by atoms with Gasteiger partial charge >= 0.3 is 0 Å². The van der Waals surface area contributed by atoms with Crippen LogP contribution in [0.5, 0.6) is 0 Å². The number of hydrogen-bond donors (Lipinski definition) is 1. The predicted molar refractivity (Wildman–Crippen MR) is 125 cm³/mol. The van der Waals surface area contributed by atoms with Crippen LogP contribution < -0.4 is 15.8 Å². The molecule has 0 aliphatic heterocycles. The summed E-state index contributed by atoms with van der Waals surface area (Å²) in [5, 5.41) is 7.49. The molecule has 0 fully saturated rings. The Kier molecular flexibility index (Phi) is 5.96. The van der Waals surface area contributed by atoms with Gasteiger partial charge in [0.25, 0.3) is 5.56 Å². The molecular weight excluding hydrogens is 416 g/mol. The van der Waals surface area contributed by atoms with Crippen molar-refractivity contribution in [2.24, 2.45) is 0 Å². The number of carbonyl (C=O) groups excluding carboxylic acids is 1. The number of nitrogens with one attached hydrogen (secondary N) is 1. The number of likely N-dealkylation sites (N-methyl/N-ethyl adjacent to an activating group) is 1. The van der Waals surface area contributed by atoms with Gasteiger partial charge in [-0.15, -0.1) is 22.7 Å². The number of amides is 1. The molecule has 0 bridgehead atoms. The Morgan fingerprint density at radius 3 is 2.73 bits per heavy atom. The number of carbonyl (C=O) groups is 1. The Balaban J connectivity index is 1.46. The molecule has 1 aromatic carbocycles. The number of fused-ring (bicyclic) bond motifs is 1. The van der Waals surface area contributed by atoms with Crippen LogP contribution in [-0.4, -0.2) is 35.1 Å². The maximum absolute atomic E-state index is 13.0. The number of benzene rings is 1. The molecule has 154 valence electrons. The molecule has 1 N–H and O–H groups in total. The van der Waals surface area contributed by atoms with Crippen molar-refractivity contribution in [3.8, 4) is 10.4 Å². The van der Waals surface area contributed by atoms with E-state index >= 15 is 0 Å². The molecule has 30 heavy (non-hydrogen) atoms. The first kappa shape index (κ1) is 20.3. The average Bonchev–Trinajstić information content (AvgIpc) is 3.40. The summed E-state index contributed by atoms with van der Waals surface area (Å²) in [5.74, 6) is -0.208. The van der Waals surface area contributed by atoms with Crippen LogP contribution in [0.15, 0.2) is 64.3 Å². The lowest BCUT2D eigenvalue weighted by Gasteiger charge is -2.24. The molecule has 0 unspecified atom stereocenters. The summed E-state index contributed by atoms with van der Waals surface area (Å²) in [6, 6.07) is 13.9. The smallest absolute Gasteiger partial charge is 0.263 e. The minimum atomic E-state index is -0.208. The number of para-hydroxylation sites is 1. The molecule has 0 saturated carbocycles.